The number of pyridine rings is 1. The molecule has 0 radical (unpaired) electrons. The monoisotopic (exact) mass is 394 g/mol. The predicted molar refractivity (Wildman–Crippen MR) is 123 cm³/mol. The molecule has 7 rings (SSSR count). The van der Waals surface area contributed by atoms with Gasteiger partial charge in [-0.05, 0) is 96.9 Å². The molecule has 0 saturated heterocycles. The van der Waals surface area contributed by atoms with Crippen molar-refractivity contribution in [3.63, 3.8) is 0 Å². The van der Waals surface area contributed by atoms with E-state index in [-0.39, 0.29) is 0 Å². The van der Waals surface area contributed by atoms with Gasteiger partial charge >= 0.3 is 0 Å². The normalized spacial score (nSPS) is 29.3. The maximum Gasteiger partial charge on any atom is 0.213 e. The third kappa shape index (κ3) is 2.94. The number of aryl methyl sites for hydroxylation is 2. The molecule has 0 N–H and O–H groups in total. The van der Waals surface area contributed by atoms with E-state index in [9.17, 15) is 0 Å². The van der Waals surface area contributed by atoms with E-state index < -0.39 is 0 Å². The molecule has 4 aliphatic rings. The first-order valence-corrected chi connectivity index (χ1v) is 11.8. The predicted octanol–water partition coefficient (Wildman–Crippen LogP) is 6.62. The van der Waals surface area contributed by atoms with E-state index in [1.54, 1.807) is 5.56 Å². The number of rotatable bonds is 3. The summed E-state index contributed by atoms with van der Waals surface area (Å²) >= 11 is 0. The van der Waals surface area contributed by atoms with Crippen LogP contribution in [0.1, 0.15) is 49.7 Å². The van der Waals surface area contributed by atoms with Crippen LogP contribution in [0.5, 0.6) is 0 Å². The van der Waals surface area contributed by atoms with E-state index in [1.807, 2.05) is 0 Å². The van der Waals surface area contributed by atoms with Crippen molar-refractivity contribution in [3.8, 4) is 22.4 Å². The summed E-state index contributed by atoms with van der Waals surface area (Å²) in [5.74, 6) is 3.00. The van der Waals surface area contributed by atoms with E-state index in [0.717, 1.165) is 17.8 Å². The first-order chi connectivity index (χ1) is 14.6. The fourth-order valence-corrected chi connectivity index (χ4v) is 7.36. The second kappa shape index (κ2) is 6.80. The Bertz CT molecular complexity index is 1060. The zero-order valence-electron chi connectivity index (χ0n) is 18.3. The van der Waals surface area contributed by atoms with Crippen molar-refractivity contribution >= 4 is 0 Å². The Balaban J connectivity index is 1.34. The molecule has 30 heavy (non-hydrogen) atoms. The van der Waals surface area contributed by atoms with Crippen LogP contribution in [0.2, 0.25) is 0 Å². The Hall–Kier alpha value is -2.41. The molecule has 1 aromatic heterocycles. The van der Waals surface area contributed by atoms with Crippen molar-refractivity contribution < 1.29 is 4.57 Å². The number of nitrogens with zero attached hydrogens (tertiary/aromatic N) is 1. The highest BCUT2D eigenvalue weighted by atomic mass is 14.9. The first kappa shape index (κ1) is 18.4. The van der Waals surface area contributed by atoms with Crippen molar-refractivity contribution in [3.05, 3.63) is 78.0 Å². The summed E-state index contributed by atoms with van der Waals surface area (Å²) in [5.41, 5.74) is 8.65. The van der Waals surface area contributed by atoms with Gasteiger partial charge in [0.05, 0.1) is 0 Å². The van der Waals surface area contributed by atoms with E-state index in [0.29, 0.717) is 5.41 Å². The van der Waals surface area contributed by atoms with Gasteiger partial charge in [0.2, 0.25) is 5.69 Å². The maximum atomic E-state index is 2.46. The standard InChI is InChI=1S/C29H32N/c1-20-5-3-4-6-27(20)28-16-25(11-12-30(28)2)24-7-9-26(10-8-24)29-17-21-13-22(18-29)15-23(14-21)19-29/h3-12,16,21-23H,13-15,17-19H2,1-2H3/q+1. The summed E-state index contributed by atoms with van der Waals surface area (Å²) in [7, 11) is 2.14. The van der Waals surface area contributed by atoms with Gasteiger partial charge in [-0.3, -0.25) is 0 Å². The highest BCUT2D eigenvalue weighted by Gasteiger charge is 2.51. The Morgan fingerprint density at radius 3 is 2.03 bits per heavy atom. The SMILES string of the molecule is Cc1ccccc1-c1cc(-c2ccc(C34CC5CC(CC(C5)C3)C4)cc2)cc[n+]1C. The lowest BCUT2D eigenvalue weighted by atomic mass is 9.48. The van der Waals surface area contributed by atoms with Crippen LogP contribution in [0.15, 0.2) is 66.9 Å². The molecular formula is C29H32N+. The fourth-order valence-electron chi connectivity index (χ4n) is 7.36. The average molecular weight is 395 g/mol. The smallest absolute Gasteiger partial charge is 0.201 e. The summed E-state index contributed by atoms with van der Waals surface area (Å²) in [6.45, 7) is 2.20. The molecule has 0 atom stereocenters. The molecule has 1 nitrogen and oxygen atoms in total. The van der Waals surface area contributed by atoms with Gasteiger partial charge in [0, 0.05) is 17.7 Å². The summed E-state index contributed by atoms with van der Waals surface area (Å²) in [5, 5.41) is 0. The van der Waals surface area contributed by atoms with E-state index in [2.05, 4.69) is 85.4 Å². The minimum atomic E-state index is 0.489. The summed E-state index contributed by atoms with van der Waals surface area (Å²) in [6, 6.07) is 23.0. The van der Waals surface area contributed by atoms with Gasteiger partial charge in [0.1, 0.15) is 7.05 Å². The van der Waals surface area contributed by atoms with Crippen molar-refractivity contribution in [1.82, 2.24) is 0 Å². The Labute approximate surface area is 180 Å². The quantitative estimate of drug-likeness (QED) is 0.439. The van der Waals surface area contributed by atoms with Gasteiger partial charge in [-0.15, -0.1) is 0 Å². The molecule has 4 bridgehead atoms. The van der Waals surface area contributed by atoms with Crippen LogP contribution < -0.4 is 4.57 Å². The topological polar surface area (TPSA) is 3.88 Å². The van der Waals surface area contributed by atoms with Crippen LogP contribution in [-0.4, -0.2) is 0 Å². The van der Waals surface area contributed by atoms with Gasteiger partial charge in [-0.25, -0.2) is 4.57 Å². The third-order valence-electron chi connectivity index (χ3n) is 8.44. The molecule has 1 heterocycles. The molecular weight excluding hydrogens is 362 g/mol. The first-order valence-electron chi connectivity index (χ1n) is 11.8. The number of benzene rings is 2. The lowest BCUT2D eigenvalue weighted by molar-refractivity contribution is -0.660. The number of hydrogen-bond donors (Lipinski definition) is 0. The Morgan fingerprint density at radius 2 is 1.40 bits per heavy atom. The molecule has 0 unspecified atom stereocenters. The molecule has 152 valence electrons. The van der Waals surface area contributed by atoms with Crippen molar-refractivity contribution in [2.75, 3.05) is 0 Å². The van der Waals surface area contributed by atoms with Gasteiger partial charge < -0.3 is 0 Å². The van der Waals surface area contributed by atoms with Crippen molar-refractivity contribution in [1.29, 1.82) is 0 Å². The summed E-state index contributed by atoms with van der Waals surface area (Å²) in [4.78, 5) is 0. The lowest BCUT2D eigenvalue weighted by Gasteiger charge is -2.57. The zero-order valence-corrected chi connectivity index (χ0v) is 18.3. The molecule has 4 aliphatic carbocycles. The van der Waals surface area contributed by atoms with Gasteiger partial charge in [-0.2, -0.15) is 0 Å². The zero-order chi connectivity index (χ0) is 20.3. The molecule has 2 aromatic carbocycles. The largest absolute Gasteiger partial charge is 0.213 e. The molecule has 3 aromatic rings. The van der Waals surface area contributed by atoms with Crippen LogP contribution >= 0.6 is 0 Å². The summed E-state index contributed by atoms with van der Waals surface area (Å²) in [6.07, 6.45) is 11.1. The van der Waals surface area contributed by atoms with Crippen molar-refractivity contribution in [2.45, 2.75) is 50.9 Å². The fraction of sp³-hybridized carbons (Fsp3) is 0.414. The molecule has 0 aliphatic heterocycles. The highest BCUT2D eigenvalue weighted by Crippen LogP contribution is 2.60. The maximum absolute atomic E-state index is 2.46. The van der Waals surface area contributed by atoms with Gasteiger partial charge in [0.15, 0.2) is 6.20 Å². The lowest BCUT2D eigenvalue weighted by Crippen LogP contribution is -2.48. The van der Waals surface area contributed by atoms with E-state index in [4.69, 9.17) is 0 Å². The minimum absolute atomic E-state index is 0.489. The summed E-state index contributed by atoms with van der Waals surface area (Å²) < 4.78 is 2.23. The molecule has 0 amide bonds. The molecule has 0 spiro atoms. The van der Waals surface area contributed by atoms with Crippen LogP contribution in [0.4, 0.5) is 0 Å². The minimum Gasteiger partial charge on any atom is -0.201 e. The number of hydrogen-bond acceptors (Lipinski definition) is 0. The second-order valence-electron chi connectivity index (χ2n) is 10.5. The molecule has 4 fully saturated rings. The van der Waals surface area contributed by atoms with Crippen LogP contribution in [0.25, 0.3) is 22.4 Å². The Kier molecular flexibility index (Phi) is 4.17. The van der Waals surface area contributed by atoms with E-state index in [1.165, 1.54) is 66.5 Å². The van der Waals surface area contributed by atoms with Crippen LogP contribution in [-0.2, 0) is 12.5 Å². The molecule has 4 saturated carbocycles. The third-order valence-corrected chi connectivity index (χ3v) is 8.44. The van der Waals surface area contributed by atoms with Crippen molar-refractivity contribution in [2.24, 2.45) is 24.8 Å². The second-order valence-corrected chi connectivity index (χ2v) is 10.5. The molecule has 1 heteroatoms. The number of aromatic nitrogens is 1. The van der Waals surface area contributed by atoms with Gasteiger partial charge in [-0.1, -0.05) is 42.5 Å². The van der Waals surface area contributed by atoms with Gasteiger partial charge in [0.25, 0.3) is 0 Å². The van der Waals surface area contributed by atoms with E-state index >= 15 is 0 Å². The van der Waals surface area contributed by atoms with Crippen LogP contribution in [0.3, 0.4) is 0 Å². The Morgan fingerprint density at radius 1 is 0.767 bits per heavy atom. The average Bonchev–Trinajstić information content (AvgIpc) is 2.74. The van der Waals surface area contributed by atoms with Crippen LogP contribution in [0, 0.1) is 24.7 Å². The highest BCUT2D eigenvalue weighted by molar-refractivity contribution is 5.70.